The van der Waals surface area contributed by atoms with E-state index in [1.54, 1.807) is 12.1 Å². The lowest BCUT2D eigenvalue weighted by Crippen LogP contribution is -2.30. The highest BCUT2D eigenvalue weighted by Gasteiger charge is 2.12. The molecule has 3 rings (SSSR count). The number of nitrogens with two attached hydrogens (primary N) is 2. The van der Waals surface area contributed by atoms with Crippen molar-refractivity contribution in [1.82, 2.24) is 10.4 Å². The molecule has 1 amide bonds. The van der Waals surface area contributed by atoms with Gasteiger partial charge in [-0.2, -0.15) is 0 Å². The number of nitrogen functional groups attached to an aromatic ring is 2. The molecule has 0 saturated heterocycles. The van der Waals surface area contributed by atoms with Crippen LogP contribution in [0.2, 0.25) is 0 Å². The first-order valence-electron chi connectivity index (χ1n) is 6.45. The number of para-hydroxylation sites is 1. The van der Waals surface area contributed by atoms with Gasteiger partial charge in [0.05, 0.1) is 16.8 Å². The van der Waals surface area contributed by atoms with Gasteiger partial charge in [-0.05, 0) is 24.3 Å². The molecule has 5 N–H and O–H groups in total. The molecular formula is C16H14N4O. The van der Waals surface area contributed by atoms with Crippen LogP contribution in [0.4, 0.5) is 5.69 Å². The van der Waals surface area contributed by atoms with E-state index in [1.807, 2.05) is 42.5 Å². The summed E-state index contributed by atoms with van der Waals surface area (Å²) in [5, 5.41) is 0.758. The van der Waals surface area contributed by atoms with Gasteiger partial charge in [0.15, 0.2) is 0 Å². The SMILES string of the molecule is NNC(=O)c1cc(-c2cccc(N)c2)nc2ccccc12. The summed E-state index contributed by atoms with van der Waals surface area (Å²) in [6.07, 6.45) is 0. The molecule has 0 spiro atoms. The first kappa shape index (κ1) is 13.1. The van der Waals surface area contributed by atoms with Crippen molar-refractivity contribution in [3.05, 3.63) is 60.2 Å². The second kappa shape index (κ2) is 5.22. The van der Waals surface area contributed by atoms with Crippen LogP contribution in [0, 0.1) is 0 Å². The van der Waals surface area contributed by atoms with Gasteiger partial charge in [0.2, 0.25) is 0 Å². The standard InChI is InChI=1S/C16H14N4O/c17-11-5-3-4-10(8-11)15-9-13(16(21)20-18)12-6-1-2-7-14(12)19-15/h1-9H,17-18H2,(H,20,21). The second-order valence-electron chi connectivity index (χ2n) is 4.67. The molecule has 5 heteroatoms. The first-order valence-corrected chi connectivity index (χ1v) is 6.45. The third-order valence-corrected chi connectivity index (χ3v) is 3.27. The van der Waals surface area contributed by atoms with Gasteiger partial charge < -0.3 is 5.73 Å². The van der Waals surface area contributed by atoms with Crippen molar-refractivity contribution >= 4 is 22.5 Å². The van der Waals surface area contributed by atoms with Crippen molar-refractivity contribution in [2.45, 2.75) is 0 Å². The van der Waals surface area contributed by atoms with E-state index in [0.717, 1.165) is 16.5 Å². The number of pyridine rings is 1. The van der Waals surface area contributed by atoms with Gasteiger partial charge in [-0.15, -0.1) is 0 Å². The summed E-state index contributed by atoms with van der Waals surface area (Å²) in [6, 6.07) is 16.5. The highest BCUT2D eigenvalue weighted by molar-refractivity contribution is 6.07. The van der Waals surface area contributed by atoms with Crippen LogP contribution in [0.1, 0.15) is 10.4 Å². The molecule has 0 fully saturated rings. The third kappa shape index (κ3) is 2.42. The molecule has 104 valence electrons. The van der Waals surface area contributed by atoms with Gasteiger partial charge in [-0.1, -0.05) is 30.3 Å². The molecule has 0 radical (unpaired) electrons. The number of rotatable bonds is 2. The monoisotopic (exact) mass is 278 g/mol. The van der Waals surface area contributed by atoms with Gasteiger partial charge in [0, 0.05) is 16.6 Å². The summed E-state index contributed by atoms with van der Waals surface area (Å²) in [5.41, 5.74) is 11.4. The van der Waals surface area contributed by atoms with Crippen molar-refractivity contribution in [1.29, 1.82) is 0 Å². The zero-order chi connectivity index (χ0) is 14.8. The maximum Gasteiger partial charge on any atom is 0.265 e. The number of carbonyl (C=O) groups is 1. The quantitative estimate of drug-likeness (QED) is 0.289. The molecule has 0 unspecified atom stereocenters. The number of fused-ring (bicyclic) bond motifs is 1. The minimum Gasteiger partial charge on any atom is -0.399 e. The normalized spacial score (nSPS) is 10.5. The molecule has 1 aromatic heterocycles. The predicted octanol–water partition coefficient (Wildman–Crippen LogP) is 2.09. The van der Waals surface area contributed by atoms with Crippen LogP contribution in [0.5, 0.6) is 0 Å². The maximum atomic E-state index is 12.0. The molecule has 21 heavy (non-hydrogen) atoms. The molecule has 0 atom stereocenters. The van der Waals surface area contributed by atoms with Crippen LogP contribution in [0.25, 0.3) is 22.2 Å². The summed E-state index contributed by atoms with van der Waals surface area (Å²) in [5.74, 6) is 4.92. The van der Waals surface area contributed by atoms with E-state index in [1.165, 1.54) is 0 Å². The molecule has 3 aromatic rings. The molecule has 0 bridgehead atoms. The number of hydrogen-bond donors (Lipinski definition) is 3. The van der Waals surface area contributed by atoms with Crippen molar-refractivity contribution in [3.63, 3.8) is 0 Å². The van der Waals surface area contributed by atoms with Crippen LogP contribution in [-0.2, 0) is 0 Å². The van der Waals surface area contributed by atoms with Crippen molar-refractivity contribution in [2.24, 2.45) is 5.84 Å². The van der Waals surface area contributed by atoms with Gasteiger partial charge in [-0.25, -0.2) is 10.8 Å². The van der Waals surface area contributed by atoms with Gasteiger partial charge in [0.1, 0.15) is 0 Å². The molecule has 2 aromatic carbocycles. The average Bonchev–Trinajstić information content (AvgIpc) is 2.53. The minimum atomic E-state index is -0.348. The van der Waals surface area contributed by atoms with E-state index in [4.69, 9.17) is 11.6 Å². The van der Waals surface area contributed by atoms with Crippen LogP contribution >= 0.6 is 0 Å². The summed E-state index contributed by atoms with van der Waals surface area (Å²) in [7, 11) is 0. The zero-order valence-electron chi connectivity index (χ0n) is 11.2. The summed E-state index contributed by atoms with van der Waals surface area (Å²) >= 11 is 0. The number of hydrogen-bond acceptors (Lipinski definition) is 4. The van der Waals surface area contributed by atoms with Crippen molar-refractivity contribution < 1.29 is 4.79 Å². The fraction of sp³-hybridized carbons (Fsp3) is 0. The fourth-order valence-electron chi connectivity index (χ4n) is 2.29. The Hall–Kier alpha value is -2.92. The predicted molar refractivity (Wildman–Crippen MR) is 83.2 cm³/mol. The van der Waals surface area contributed by atoms with Crippen LogP contribution < -0.4 is 17.0 Å². The molecule has 0 aliphatic heterocycles. The molecule has 5 nitrogen and oxygen atoms in total. The van der Waals surface area contributed by atoms with Crippen molar-refractivity contribution in [2.75, 3.05) is 5.73 Å². The minimum absolute atomic E-state index is 0.348. The van der Waals surface area contributed by atoms with E-state index < -0.39 is 0 Å². The zero-order valence-corrected chi connectivity index (χ0v) is 11.2. The van der Waals surface area contributed by atoms with E-state index in [9.17, 15) is 4.79 Å². The Bertz CT molecular complexity index is 829. The van der Waals surface area contributed by atoms with E-state index in [-0.39, 0.29) is 5.91 Å². The Kier molecular flexibility index (Phi) is 3.25. The summed E-state index contributed by atoms with van der Waals surface area (Å²) in [4.78, 5) is 16.6. The van der Waals surface area contributed by atoms with E-state index in [0.29, 0.717) is 16.9 Å². The van der Waals surface area contributed by atoms with E-state index >= 15 is 0 Å². The maximum absolute atomic E-state index is 12.0. The average molecular weight is 278 g/mol. The van der Waals surface area contributed by atoms with Crippen LogP contribution in [0.15, 0.2) is 54.6 Å². The highest BCUT2D eigenvalue weighted by Crippen LogP contribution is 2.25. The second-order valence-corrected chi connectivity index (χ2v) is 4.67. The summed E-state index contributed by atoms with van der Waals surface area (Å²) < 4.78 is 0. The number of amides is 1. The van der Waals surface area contributed by atoms with E-state index in [2.05, 4.69) is 10.4 Å². The number of benzene rings is 2. The van der Waals surface area contributed by atoms with Crippen molar-refractivity contribution in [3.8, 4) is 11.3 Å². The number of anilines is 1. The molecule has 1 heterocycles. The summed E-state index contributed by atoms with van der Waals surface area (Å²) in [6.45, 7) is 0. The Morgan fingerprint density at radius 3 is 2.62 bits per heavy atom. The molecule has 0 saturated carbocycles. The lowest BCUT2D eigenvalue weighted by atomic mass is 10.0. The lowest BCUT2D eigenvalue weighted by molar-refractivity contribution is 0.0955. The number of nitrogens with zero attached hydrogens (tertiary/aromatic N) is 1. The van der Waals surface area contributed by atoms with Crippen LogP contribution in [0.3, 0.4) is 0 Å². The highest BCUT2D eigenvalue weighted by atomic mass is 16.2. The number of carbonyl (C=O) groups excluding carboxylic acids is 1. The van der Waals surface area contributed by atoms with Gasteiger partial charge in [-0.3, -0.25) is 10.2 Å². The molecule has 0 aliphatic carbocycles. The Labute approximate surface area is 121 Å². The Balaban J connectivity index is 2.27. The number of nitrogens with one attached hydrogen (secondary N) is 1. The van der Waals surface area contributed by atoms with Gasteiger partial charge >= 0.3 is 0 Å². The number of hydrazine groups is 1. The lowest BCUT2D eigenvalue weighted by Gasteiger charge is -2.09. The fourth-order valence-corrected chi connectivity index (χ4v) is 2.29. The molecule has 0 aliphatic rings. The smallest absolute Gasteiger partial charge is 0.265 e. The number of aromatic nitrogens is 1. The first-order chi connectivity index (χ1) is 10.2. The topological polar surface area (TPSA) is 94.0 Å². The van der Waals surface area contributed by atoms with Gasteiger partial charge in [0.25, 0.3) is 5.91 Å². The Morgan fingerprint density at radius 1 is 1.05 bits per heavy atom. The van der Waals surface area contributed by atoms with Crippen LogP contribution in [-0.4, -0.2) is 10.9 Å². The Morgan fingerprint density at radius 2 is 1.86 bits per heavy atom. The molecular weight excluding hydrogens is 264 g/mol. The third-order valence-electron chi connectivity index (χ3n) is 3.27. The largest absolute Gasteiger partial charge is 0.399 e.